The summed E-state index contributed by atoms with van der Waals surface area (Å²) < 4.78 is 72.7. The average molecular weight is 1060 g/mol. The van der Waals surface area contributed by atoms with Crippen molar-refractivity contribution < 1.29 is 94.6 Å². The summed E-state index contributed by atoms with van der Waals surface area (Å²) in [4.78, 5) is 101. The highest BCUT2D eigenvalue weighted by Gasteiger charge is 2.59. The molecule has 0 N–H and O–H groups in total. The quantitative estimate of drug-likeness (QED) is 0.0247. The van der Waals surface area contributed by atoms with E-state index in [-0.39, 0.29) is 12.1 Å². The minimum Gasteiger partial charge on any atom is -0.463 e. The van der Waals surface area contributed by atoms with Crippen LogP contribution >= 0.6 is 0 Å². The summed E-state index contributed by atoms with van der Waals surface area (Å²) in [6.07, 6.45) is 4.83. The molecule has 73 heavy (non-hydrogen) atoms. The van der Waals surface area contributed by atoms with Gasteiger partial charge < -0.3 is 56.2 Å². The molecule has 21 heteroatoms. The van der Waals surface area contributed by atoms with Gasteiger partial charge in [-0.05, 0) is 12.1 Å². The lowest BCUT2D eigenvalue weighted by Gasteiger charge is -2.49. The molecule has 2 fully saturated rings. The van der Waals surface area contributed by atoms with Gasteiger partial charge in [-0.25, -0.2) is 0 Å². The second kappa shape index (κ2) is 35.9. The van der Waals surface area contributed by atoms with Gasteiger partial charge in [-0.1, -0.05) is 142 Å². The van der Waals surface area contributed by atoms with E-state index in [2.05, 4.69) is 13.8 Å². The van der Waals surface area contributed by atoms with Crippen LogP contribution in [0.5, 0.6) is 0 Å². The smallest absolute Gasteiger partial charge is 0.342 e. The van der Waals surface area contributed by atoms with E-state index in [0.29, 0.717) is 12.8 Å². The summed E-state index contributed by atoms with van der Waals surface area (Å²) in [5, 5.41) is 0. The van der Waals surface area contributed by atoms with Crippen molar-refractivity contribution in [3.05, 3.63) is 0 Å². The van der Waals surface area contributed by atoms with Crippen LogP contribution in [-0.2, 0) is 94.6 Å². The van der Waals surface area contributed by atoms with E-state index in [4.69, 9.17) is 56.2 Å². The van der Waals surface area contributed by atoms with Gasteiger partial charge in [0, 0.05) is 55.4 Å². The molecule has 0 aromatic carbocycles. The van der Waals surface area contributed by atoms with Crippen molar-refractivity contribution in [2.75, 3.05) is 13.2 Å². The Balaban J connectivity index is 2.90. The van der Waals surface area contributed by atoms with E-state index in [1.54, 1.807) is 0 Å². The Bertz CT molecular complexity index is 1570. The first-order valence-corrected chi connectivity index (χ1v) is 28.9. The number of ether oxygens (including phenoxy) is 10. The standard InChI is InChI=1S/C52H88O20Si/c1-11-13-15-17-19-21-23-25-27-29-31-73(32-30-28-26-24-22-20-18-16-14-12-2,71-51-49(67-41(9)59)47(65-39(7)57)45(63-37(5)55)43(69-51)33-61-35(3)53)72-52-50(68-42(10)60)48(66-40(8)58)46(64-38(6)56)44(70-52)34-62-36(4)54/h43-52H,11-34H2,1-10H3/t43-,44-,45-,46-,47+,48+,49-,50-,51-,52+/m1/s1. The van der Waals surface area contributed by atoms with Gasteiger partial charge >= 0.3 is 56.3 Å². The summed E-state index contributed by atoms with van der Waals surface area (Å²) in [6.45, 7) is 12.4. The fourth-order valence-corrected chi connectivity index (χ4v) is 12.7. The summed E-state index contributed by atoms with van der Waals surface area (Å²) in [6, 6.07) is 0.474. The lowest BCUT2D eigenvalue weighted by atomic mass is 9.98. The molecule has 0 aromatic rings. The number of esters is 8. The average Bonchev–Trinajstić information content (AvgIpc) is 3.29. The third kappa shape index (κ3) is 26.2. The SMILES string of the molecule is CCCCCCCCCCCC[Si](CCCCCCCCCCCC)(O[C@H]1O[C@H](COC(C)=O)[C@@H](OC(C)=O)[C@H](OC(C)=O)[C@H]1OC(C)=O)O[C@@H]1O[C@H](COC(C)=O)[C@@H](OC(C)=O)[C@H](OC(C)=O)[C@H]1OC(C)=O. The maximum absolute atomic E-state index is 13.0. The van der Waals surface area contributed by atoms with E-state index in [9.17, 15) is 38.4 Å². The predicted molar refractivity (Wildman–Crippen MR) is 265 cm³/mol. The molecule has 0 unspecified atom stereocenters. The minimum absolute atomic E-state index is 0.237. The first kappa shape index (κ1) is 64.9. The van der Waals surface area contributed by atoms with Gasteiger partial charge in [0.05, 0.1) is 0 Å². The molecule has 10 atom stereocenters. The van der Waals surface area contributed by atoms with Crippen molar-refractivity contribution in [2.24, 2.45) is 0 Å². The van der Waals surface area contributed by atoms with Crippen molar-refractivity contribution >= 4 is 56.3 Å². The summed E-state index contributed by atoms with van der Waals surface area (Å²) in [5.41, 5.74) is 0. The zero-order chi connectivity index (χ0) is 54.3. The van der Waals surface area contributed by atoms with Gasteiger partial charge in [0.15, 0.2) is 49.2 Å². The number of hydrogen-bond acceptors (Lipinski definition) is 20. The lowest BCUT2D eigenvalue weighted by Crippen LogP contribution is -2.67. The Kier molecular flexibility index (Phi) is 31.9. The molecule has 2 saturated heterocycles. The molecule has 2 aliphatic rings. The fraction of sp³-hybridized carbons (Fsp3) is 0.846. The van der Waals surface area contributed by atoms with Crippen LogP contribution in [0, 0.1) is 0 Å². The van der Waals surface area contributed by atoms with E-state index >= 15 is 0 Å². The zero-order valence-electron chi connectivity index (χ0n) is 45.4. The molecule has 0 aliphatic carbocycles. The van der Waals surface area contributed by atoms with Gasteiger partial charge in [0.25, 0.3) is 0 Å². The molecule has 2 heterocycles. The van der Waals surface area contributed by atoms with Crippen molar-refractivity contribution in [1.82, 2.24) is 0 Å². The highest BCUT2D eigenvalue weighted by molar-refractivity contribution is 6.67. The number of unbranched alkanes of at least 4 members (excludes halogenated alkanes) is 18. The van der Waals surface area contributed by atoms with E-state index in [1.165, 1.54) is 39.5 Å². The Morgan fingerprint density at radius 2 is 0.575 bits per heavy atom. The molecule has 0 bridgehead atoms. The molecule has 0 spiro atoms. The van der Waals surface area contributed by atoms with Crippen LogP contribution < -0.4 is 0 Å². The van der Waals surface area contributed by atoms with Crippen LogP contribution in [0.4, 0.5) is 0 Å². The molecule has 20 nitrogen and oxygen atoms in total. The highest BCUT2D eigenvalue weighted by atomic mass is 28.4. The maximum Gasteiger partial charge on any atom is 0.342 e. The number of rotatable bonds is 36. The highest BCUT2D eigenvalue weighted by Crippen LogP contribution is 2.39. The van der Waals surface area contributed by atoms with Crippen molar-refractivity contribution in [3.63, 3.8) is 0 Å². The maximum atomic E-state index is 13.0. The minimum atomic E-state index is -4.08. The molecule has 2 aliphatic heterocycles. The largest absolute Gasteiger partial charge is 0.463 e. The Morgan fingerprint density at radius 3 is 0.836 bits per heavy atom. The van der Waals surface area contributed by atoms with Crippen LogP contribution in [0.1, 0.15) is 198 Å². The van der Waals surface area contributed by atoms with E-state index in [0.717, 1.165) is 131 Å². The van der Waals surface area contributed by atoms with Crippen molar-refractivity contribution in [2.45, 2.75) is 271 Å². The molecule has 0 amide bonds. The lowest BCUT2D eigenvalue weighted by molar-refractivity contribution is -0.308. The third-order valence-corrected chi connectivity index (χ3v) is 15.9. The summed E-state index contributed by atoms with van der Waals surface area (Å²) in [5.74, 6) is -6.36. The van der Waals surface area contributed by atoms with Gasteiger partial charge in [-0.3, -0.25) is 38.4 Å². The third-order valence-electron chi connectivity index (χ3n) is 12.4. The Hall–Kier alpha value is -4.18. The van der Waals surface area contributed by atoms with Crippen LogP contribution in [0.2, 0.25) is 12.1 Å². The second-order valence-electron chi connectivity index (χ2n) is 19.1. The topological polar surface area (TPSA) is 247 Å². The fourth-order valence-electron chi connectivity index (χ4n) is 9.14. The first-order chi connectivity index (χ1) is 34.7. The molecular weight excluding hydrogens is 973 g/mol. The normalized spacial score (nSPS) is 23.9. The molecule has 0 saturated carbocycles. The van der Waals surface area contributed by atoms with Crippen molar-refractivity contribution in [1.29, 1.82) is 0 Å². The van der Waals surface area contributed by atoms with Crippen LogP contribution in [0.3, 0.4) is 0 Å². The molecule has 0 radical (unpaired) electrons. The molecule has 420 valence electrons. The van der Waals surface area contributed by atoms with Crippen LogP contribution in [0.15, 0.2) is 0 Å². The summed E-state index contributed by atoms with van der Waals surface area (Å²) in [7, 11) is -4.08. The van der Waals surface area contributed by atoms with Crippen LogP contribution in [0.25, 0.3) is 0 Å². The Labute approximate surface area is 434 Å². The Morgan fingerprint density at radius 1 is 0.329 bits per heavy atom. The van der Waals surface area contributed by atoms with E-state index < -0.39 is 131 Å². The van der Waals surface area contributed by atoms with Gasteiger partial charge in [-0.2, -0.15) is 0 Å². The zero-order valence-corrected chi connectivity index (χ0v) is 46.4. The number of hydrogen-bond donors (Lipinski definition) is 0. The van der Waals surface area contributed by atoms with Gasteiger partial charge in [-0.15, -0.1) is 0 Å². The van der Waals surface area contributed by atoms with E-state index in [1.807, 2.05) is 0 Å². The monoisotopic (exact) mass is 1060 g/mol. The second-order valence-corrected chi connectivity index (χ2v) is 22.4. The van der Waals surface area contributed by atoms with Gasteiger partial charge in [0.1, 0.15) is 25.4 Å². The predicted octanol–water partition coefficient (Wildman–Crippen LogP) is 8.47. The summed E-state index contributed by atoms with van der Waals surface area (Å²) >= 11 is 0. The van der Waals surface area contributed by atoms with Crippen LogP contribution in [-0.4, -0.2) is 131 Å². The molecular formula is C52H88O20Si. The number of carbonyl (C=O) groups is 8. The molecule has 2 rings (SSSR count). The first-order valence-electron chi connectivity index (χ1n) is 26.7. The van der Waals surface area contributed by atoms with Gasteiger partial charge in [0.2, 0.25) is 0 Å². The molecule has 0 aromatic heterocycles. The van der Waals surface area contributed by atoms with Crippen molar-refractivity contribution in [3.8, 4) is 0 Å². The number of carbonyl (C=O) groups excluding carboxylic acids is 8.